The minimum Gasteiger partial charge on any atom is -0.383 e. The Morgan fingerprint density at radius 1 is 1.38 bits per heavy atom. The molecule has 0 unspecified atom stereocenters. The number of hydrogen-bond acceptors (Lipinski definition) is 2. The monoisotopic (exact) mass is 176 g/mol. The first-order valence-corrected chi connectivity index (χ1v) is 4.19. The Hall–Kier alpha value is -1.45. The molecular formula is C9H13BN2O. The summed E-state index contributed by atoms with van der Waals surface area (Å²) in [6, 6.07) is 5.40. The van der Waals surface area contributed by atoms with Crippen molar-refractivity contribution in [1.29, 1.82) is 0 Å². The van der Waals surface area contributed by atoms with Gasteiger partial charge in [-0.15, -0.1) is 0 Å². The van der Waals surface area contributed by atoms with E-state index in [-0.39, 0.29) is 8.76 Å². The molecule has 1 aromatic rings. The minimum atomic E-state index is 0. The zero-order valence-corrected chi connectivity index (χ0v) is 7.13. The Morgan fingerprint density at radius 2 is 2.23 bits per heavy atom. The summed E-state index contributed by atoms with van der Waals surface area (Å²) in [4.78, 5) is 11.1. The lowest BCUT2D eigenvalue weighted by molar-refractivity contribution is -0.115. The predicted molar refractivity (Wildman–Crippen MR) is 57.8 cm³/mol. The van der Waals surface area contributed by atoms with Crippen molar-refractivity contribution in [3.05, 3.63) is 18.2 Å². The first-order chi connectivity index (χ1) is 6.25. The third-order valence-electron chi connectivity index (χ3n) is 1.99. The third-order valence-corrected chi connectivity index (χ3v) is 1.99. The van der Waals surface area contributed by atoms with Gasteiger partial charge in [0, 0.05) is 15.8 Å². The Balaban J connectivity index is 0.000000980. The van der Waals surface area contributed by atoms with Crippen LogP contribution in [0.5, 0.6) is 0 Å². The van der Waals surface area contributed by atoms with Crippen molar-refractivity contribution in [3.8, 4) is 0 Å². The van der Waals surface area contributed by atoms with Crippen LogP contribution in [0.4, 0.5) is 11.4 Å². The quantitative estimate of drug-likeness (QED) is 0.572. The molecule has 0 saturated heterocycles. The van der Waals surface area contributed by atoms with E-state index in [1.165, 1.54) is 0 Å². The number of anilines is 2. The molecule has 1 aliphatic heterocycles. The molecule has 0 fully saturated rings. The number of rotatable bonds is 0. The summed E-state index contributed by atoms with van der Waals surface area (Å²) in [5.41, 5.74) is 2.39. The minimum absolute atomic E-state index is 0. The van der Waals surface area contributed by atoms with Crippen LogP contribution in [0.25, 0.3) is 0 Å². The second kappa shape index (κ2) is 3.13. The van der Waals surface area contributed by atoms with Gasteiger partial charge in [-0.05, 0) is 12.1 Å². The van der Waals surface area contributed by atoms with Crippen LogP contribution in [-0.2, 0) is 4.79 Å². The van der Waals surface area contributed by atoms with Crippen LogP contribution in [0.2, 0.25) is 0 Å². The van der Waals surface area contributed by atoms with Crippen LogP contribution in [0, 0.1) is 0 Å². The third kappa shape index (κ3) is 1.66. The molecule has 68 valence electrons. The smallest absolute Gasteiger partial charge is 0.226 e. The van der Waals surface area contributed by atoms with E-state index in [1.807, 2.05) is 6.07 Å². The van der Waals surface area contributed by atoms with Gasteiger partial charge in [0.1, 0.15) is 7.85 Å². The van der Waals surface area contributed by atoms with E-state index < -0.39 is 0 Å². The van der Waals surface area contributed by atoms with Crippen LogP contribution in [-0.4, -0.2) is 20.3 Å². The maximum Gasteiger partial charge on any atom is 0.226 e. The van der Waals surface area contributed by atoms with E-state index in [1.54, 1.807) is 12.1 Å². The van der Waals surface area contributed by atoms with Crippen LogP contribution < -0.4 is 16.1 Å². The van der Waals surface area contributed by atoms with E-state index in [2.05, 4.69) is 10.6 Å². The molecule has 0 aliphatic carbocycles. The lowest BCUT2D eigenvalue weighted by atomic mass is 9.95. The first kappa shape index (κ1) is 8.17. The van der Waals surface area contributed by atoms with Gasteiger partial charge in [0.25, 0.3) is 0 Å². The van der Waals surface area contributed by atoms with Crippen molar-refractivity contribution >= 4 is 30.6 Å². The molecule has 4 heteroatoms. The molecule has 2 N–H and O–H groups in total. The highest BCUT2D eigenvalue weighted by Gasteiger charge is 2.10. The number of fused-ring (bicyclic) bond motifs is 1. The van der Waals surface area contributed by atoms with Gasteiger partial charge < -0.3 is 10.6 Å². The lowest BCUT2D eigenvalue weighted by Gasteiger charge is -2.07. The number of hydrogen-bond donors (Lipinski definition) is 2. The number of carbonyl (C=O) groups is 1. The van der Waals surface area contributed by atoms with Gasteiger partial charge in [0.2, 0.25) is 5.91 Å². The van der Waals surface area contributed by atoms with Crippen LogP contribution in [0.15, 0.2) is 18.2 Å². The van der Waals surface area contributed by atoms with E-state index in [0.717, 1.165) is 11.4 Å². The van der Waals surface area contributed by atoms with E-state index in [4.69, 9.17) is 7.85 Å². The summed E-state index contributed by atoms with van der Waals surface area (Å²) < 4.78 is 0. The van der Waals surface area contributed by atoms with Crippen molar-refractivity contribution in [2.24, 2.45) is 0 Å². The molecule has 2 radical (unpaired) electrons. The first-order valence-electron chi connectivity index (χ1n) is 4.19. The standard InChI is InChI=1S/C9H9BN2O.2H2/c10-6-1-2-7-8(5-6)11-4-3-9(13)12-7;;/h1-2,5,11H,3-4H2,(H,12,13);2*1H. The highest BCUT2D eigenvalue weighted by atomic mass is 16.1. The Kier molecular flexibility index (Phi) is 1.96. The number of nitrogens with one attached hydrogen (secondary N) is 2. The fourth-order valence-electron chi connectivity index (χ4n) is 1.34. The Bertz CT molecular complexity index is 360. The van der Waals surface area contributed by atoms with Crippen molar-refractivity contribution in [2.45, 2.75) is 6.42 Å². The largest absolute Gasteiger partial charge is 0.383 e. The van der Waals surface area contributed by atoms with Gasteiger partial charge in [0.05, 0.1) is 11.4 Å². The normalized spacial score (nSPS) is 15.2. The van der Waals surface area contributed by atoms with Gasteiger partial charge in [-0.25, -0.2) is 0 Å². The Morgan fingerprint density at radius 3 is 3.08 bits per heavy atom. The maximum absolute atomic E-state index is 11.1. The molecule has 1 aliphatic rings. The Labute approximate surface area is 80.9 Å². The van der Waals surface area contributed by atoms with E-state index in [9.17, 15) is 4.79 Å². The number of carbonyl (C=O) groups excluding carboxylic acids is 1. The maximum atomic E-state index is 11.1. The predicted octanol–water partition coefficient (Wildman–Crippen LogP) is 0.727. The van der Waals surface area contributed by atoms with E-state index in [0.29, 0.717) is 18.4 Å². The van der Waals surface area contributed by atoms with Crippen molar-refractivity contribution in [2.75, 3.05) is 17.2 Å². The van der Waals surface area contributed by atoms with Crippen molar-refractivity contribution in [1.82, 2.24) is 0 Å². The zero-order chi connectivity index (χ0) is 9.26. The summed E-state index contributed by atoms with van der Waals surface area (Å²) in [7, 11) is 5.61. The van der Waals surface area contributed by atoms with E-state index >= 15 is 0 Å². The lowest BCUT2D eigenvalue weighted by Crippen LogP contribution is -2.10. The second-order valence-corrected chi connectivity index (χ2v) is 3.03. The van der Waals surface area contributed by atoms with Gasteiger partial charge in [0.15, 0.2) is 0 Å². The number of benzene rings is 1. The summed E-state index contributed by atoms with van der Waals surface area (Å²) in [5, 5.41) is 5.93. The topological polar surface area (TPSA) is 41.1 Å². The zero-order valence-electron chi connectivity index (χ0n) is 7.13. The second-order valence-electron chi connectivity index (χ2n) is 3.03. The van der Waals surface area contributed by atoms with Crippen molar-refractivity contribution in [3.63, 3.8) is 0 Å². The van der Waals surface area contributed by atoms with Gasteiger partial charge in [-0.3, -0.25) is 4.79 Å². The fourth-order valence-corrected chi connectivity index (χ4v) is 1.34. The van der Waals surface area contributed by atoms with Crippen LogP contribution in [0.1, 0.15) is 9.27 Å². The molecule has 0 saturated carbocycles. The molecule has 1 amide bonds. The summed E-state index contributed by atoms with van der Waals surface area (Å²) in [5.74, 6) is 0.0380. The SMILES string of the molecule is [B]c1ccc2c(c1)NCCC(=O)N2.[HH].[HH]. The molecule has 2 rings (SSSR count). The van der Waals surface area contributed by atoms with Crippen LogP contribution >= 0.6 is 0 Å². The molecule has 1 heterocycles. The number of amides is 1. The summed E-state index contributed by atoms with van der Waals surface area (Å²) >= 11 is 0. The summed E-state index contributed by atoms with van der Waals surface area (Å²) in [6.07, 6.45) is 0.495. The van der Waals surface area contributed by atoms with Crippen molar-refractivity contribution < 1.29 is 7.65 Å². The van der Waals surface area contributed by atoms with Crippen LogP contribution in [0.3, 0.4) is 0 Å². The van der Waals surface area contributed by atoms with Gasteiger partial charge >= 0.3 is 0 Å². The van der Waals surface area contributed by atoms with Gasteiger partial charge in [-0.2, -0.15) is 0 Å². The average Bonchev–Trinajstić information content (AvgIpc) is 2.25. The molecular weight excluding hydrogens is 163 g/mol. The summed E-state index contributed by atoms with van der Waals surface area (Å²) in [6.45, 7) is 0.655. The fraction of sp³-hybridized carbons (Fsp3) is 0.222. The highest BCUT2D eigenvalue weighted by molar-refractivity contribution is 6.32. The molecule has 0 spiro atoms. The highest BCUT2D eigenvalue weighted by Crippen LogP contribution is 2.21. The molecule has 0 bridgehead atoms. The molecule has 3 nitrogen and oxygen atoms in total. The average molecular weight is 176 g/mol. The molecule has 13 heavy (non-hydrogen) atoms. The molecule has 1 aromatic carbocycles. The molecule has 0 aromatic heterocycles. The molecule has 0 atom stereocenters. The van der Waals surface area contributed by atoms with Gasteiger partial charge in [-0.1, -0.05) is 11.5 Å².